The number of imide groups is 2. The molecule has 2 saturated heterocycles. The van der Waals surface area contributed by atoms with E-state index in [1.807, 2.05) is 6.08 Å². The van der Waals surface area contributed by atoms with E-state index in [9.17, 15) is 19.2 Å². The van der Waals surface area contributed by atoms with Gasteiger partial charge in [-0.3, -0.25) is 29.4 Å². The van der Waals surface area contributed by atoms with E-state index in [0.29, 0.717) is 6.04 Å². The van der Waals surface area contributed by atoms with Gasteiger partial charge in [0.2, 0.25) is 23.6 Å². The quantitative estimate of drug-likeness (QED) is 0.733. The fourth-order valence-corrected chi connectivity index (χ4v) is 4.60. The lowest BCUT2D eigenvalue weighted by Crippen LogP contribution is -2.54. The Morgan fingerprint density at radius 1 is 0.923 bits per heavy atom. The van der Waals surface area contributed by atoms with E-state index in [-0.39, 0.29) is 30.6 Å². The molecule has 140 valence electrons. The Labute approximate surface area is 152 Å². The van der Waals surface area contributed by atoms with Gasteiger partial charge in [-0.15, -0.1) is 0 Å². The highest BCUT2D eigenvalue weighted by molar-refractivity contribution is 6.13. The van der Waals surface area contributed by atoms with E-state index >= 15 is 0 Å². The van der Waals surface area contributed by atoms with Gasteiger partial charge in [-0.2, -0.15) is 0 Å². The first-order chi connectivity index (χ1) is 12.6. The summed E-state index contributed by atoms with van der Waals surface area (Å²) in [6.45, 7) is 0. The molecule has 2 N–H and O–H groups in total. The molecule has 3 fully saturated rings. The summed E-state index contributed by atoms with van der Waals surface area (Å²) in [6.07, 6.45) is 10.6. The van der Waals surface area contributed by atoms with E-state index in [2.05, 4.69) is 10.6 Å². The van der Waals surface area contributed by atoms with Gasteiger partial charge < -0.3 is 5.32 Å². The highest BCUT2D eigenvalue weighted by Crippen LogP contribution is 2.42. The molecule has 2 aliphatic heterocycles. The molecule has 0 aromatic carbocycles. The number of carbonyl (C=O) groups is 4. The van der Waals surface area contributed by atoms with Gasteiger partial charge in [0.1, 0.15) is 6.04 Å². The number of hydrogen-bond acceptors (Lipinski definition) is 5. The van der Waals surface area contributed by atoms with E-state index < -0.39 is 23.8 Å². The monoisotopic (exact) mass is 359 g/mol. The Kier molecular flexibility index (Phi) is 4.54. The molecule has 0 aromatic heterocycles. The van der Waals surface area contributed by atoms with Crippen LogP contribution in [0.5, 0.6) is 0 Å². The van der Waals surface area contributed by atoms with Crippen LogP contribution in [0.1, 0.15) is 57.8 Å². The van der Waals surface area contributed by atoms with Gasteiger partial charge in [0, 0.05) is 18.2 Å². The van der Waals surface area contributed by atoms with Crippen molar-refractivity contribution >= 4 is 23.6 Å². The number of hydrogen-bond donors (Lipinski definition) is 2. The fraction of sp³-hybridized carbons (Fsp3) is 0.684. The predicted octanol–water partition coefficient (Wildman–Crippen LogP) is 0.993. The van der Waals surface area contributed by atoms with Gasteiger partial charge in [0.05, 0.1) is 11.8 Å². The van der Waals surface area contributed by atoms with Gasteiger partial charge in [0.15, 0.2) is 0 Å². The van der Waals surface area contributed by atoms with Crippen LogP contribution in [-0.4, -0.2) is 40.6 Å². The molecular weight excluding hydrogens is 334 g/mol. The number of rotatable bonds is 3. The van der Waals surface area contributed by atoms with Crippen molar-refractivity contribution in [1.29, 1.82) is 0 Å². The van der Waals surface area contributed by atoms with Crippen molar-refractivity contribution in [1.82, 2.24) is 15.5 Å². The van der Waals surface area contributed by atoms with E-state index in [1.165, 1.54) is 32.1 Å². The summed E-state index contributed by atoms with van der Waals surface area (Å²) in [5.41, 5.74) is 0.841. The molecule has 26 heavy (non-hydrogen) atoms. The average Bonchev–Trinajstić information content (AvgIpc) is 2.73. The minimum absolute atomic E-state index is 0.156. The van der Waals surface area contributed by atoms with Crippen molar-refractivity contribution in [2.24, 2.45) is 11.8 Å². The number of nitrogens with zero attached hydrogens (tertiary/aromatic N) is 1. The SMILES string of the molecule is O=C1CCC(N2C(=O)C3C=C(NC4CCCCCCC4)[C@@H]3C2=O)C(=O)N1. The van der Waals surface area contributed by atoms with Crippen LogP contribution < -0.4 is 10.6 Å². The third-order valence-corrected chi connectivity index (χ3v) is 6.08. The zero-order valence-corrected chi connectivity index (χ0v) is 14.8. The second-order valence-electron chi connectivity index (χ2n) is 7.83. The number of fused-ring (bicyclic) bond motifs is 1. The second-order valence-corrected chi connectivity index (χ2v) is 7.83. The number of piperidine rings is 1. The van der Waals surface area contributed by atoms with Crippen LogP contribution in [-0.2, 0) is 19.2 Å². The van der Waals surface area contributed by atoms with Crippen LogP contribution in [0.25, 0.3) is 0 Å². The Bertz CT molecular complexity index is 678. The highest BCUT2D eigenvalue weighted by Gasteiger charge is 2.57. The van der Waals surface area contributed by atoms with Crippen molar-refractivity contribution in [3.63, 3.8) is 0 Å². The van der Waals surface area contributed by atoms with Crippen LogP contribution in [0.2, 0.25) is 0 Å². The maximum Gasteiger partial charge on any atom is 0.249 e. The molecule has 4 rings (SSSR count). The predicted molar refractivity (Wildman–Crippen MR) is 92.3 cm³/mol. The lowest BCUT2D eigenvalue weighted by molar-refractivity contribution is -0.151. The number of carbonyl (C=O) groups excluding carboxylic acids is 4. The van der Waals surface area contributed by atoms with Gasteiger partial charge in [-0.1, -0.05) is 38.2 Å². The van der Waals surface area contributed by atoms with Crippen molar-refractivity contribution in [2.45, 2.75) is 69.9 Å². The van der Waals surface area contributed by atoms with E-state index in [1.54, 1.807) is 0 Å². The topological polar surface area (TPSA) is 95.6 Å². The Morgan fingerprint density at radius 2 is 1.62 bits per heavy atom. The van der Waals surface area contributed by atoms with Crippen molar-refractivity contribution in [2.75, 3.05) is 0 Å². The Balaban J connectivity index is 1.43. The summed E-state index contributed by atoms with van der Waals surface area (Å²) in [5.74, 6) is -2.43. The average molecular weight is 359 g/mol. The molecule has 0 radical (unpaired) electrons. The molecule has 3 atom stereocenters. The minimum Gasteiger partial charge on any atom is -0.385 e. The zero-order valence-electron chi connectivity index (χ0n) is 14.8. The molecule has 4 aliphatic rings. The maximum absolute atomic E-state index is 12.8. The van der Waals surface area contributed by atoms with Crippen LogP contribution in [0.15, 0.2) is 11.8 Å². The van der Waals surface area contributed by atoms with Gasteiger partial charge in [-0.25, -0.2) is 0 Å². The summed E-state index contributed by atoms with van der Waals surface area (Å²) in [5, 5.41) is 5.72. The Morgan fingerprint density at radius 3 is 2.31 bits per heavy atom. The number of nitrogens with one attached hydrogen (secondary N) is 2. The fourth-order valence-electron chi connectivity index (χ4n) is 4.60. The highest BCUT2D eigenvalue weighted by atomic mass is 16.2. The summed E-state index contributed by atoms with van der Waals surface area (Å²) >= 11 is 0. The molecule has 0 bridgehead atoms. The molecule has 4 amide bonds. The summed E-state index contributed by atoms with van der Waals surface area (Å²) in [7, 11) is 0. The molecule has 2 aliphatic carbocycles. The van der Waals surface area contributed by atoms with Crippen molar-refractivity contribution < 1.29 is 19.2 Å². The smallest absolute Gasteiger partial charge is 0.249 e. The summed E-state index contributed by atoms with van der Waals surface area (Å²) < 4.78 is 0. The third kappa shape index (κ3) is 2.93. The minimum atomic E-state index is -0.852. The van der Waals surface area contributed by atoms with Crippen LogP contribution in [0.4, 0.5) is 0 Å². The first-order valence-corrected chi connectivity index (χ1v) is 9.75. The molecule has 2 unspecified atom stereocenters. The number of amides is 4. The van der Waals surface area contributed by atoms with Gasteiger partial charge >= 0.3 is 0 Å². The van der Waals surface area contributed by atoms with Gasteiger partial charge in [-0.05, 0) is 19.3 Å². The third-order valence-electron chi connectivity index (χ3n) is 6.08. The standard InChI is InChI=1S/C19H25N3O4/c23-15-9-8-14(17(24)21-15)22-18(25)12-10-13(16(12)19(22)26)20-11-6-4-2-1-3-5-7-11/h10-12,14,16,20H,1-9H2,(H,21,23,24)/t12?,14?,16-/m1/s1. The van der Waals surface area contributed by atoms with Gasteiger partial charge in [0.25, 0.3) is 0 Å². The first-order valence-electron chi connectivity index (χ1n) is 9.75. The van der Waals surface area contributed by atoms with Crippen molar-refractivity contribution in [3.05, 3.63) is 11.8 Å². The van der Waals surface area contributed by atoms with Crippen LogP contribution >= 0.6 is 0 Å². The molecule has 7 heteroatoms. The van der Waals surface area contributed by atoms with E-state index in [4.69, 9.17) is 0 Å². The zero-order chi connectivity index (χ0) is 18.3. The molecule has 0 spiro atoms. The van der Waals surface area contributed by atoms with Crippen LogP contribution in [0, 0.1) is 11.8 Å². The number of likely N-dealkylation sites (tertiary alicyclic amines) is 1. The molecular formula is C19H25N3O4. The second kappa shape index (κ2) is 6.85. The Hall–Kier alpha value is -2.18. The molecule has 0 aromatic rings. The lowest BCUT2D eigenvalue weighted by atomic mass is 9.80. The molecule has 7 nitrogen and oxygen atoms in total. The summed E-state index contributed by atoms with van der Waals surface area (Å²) in [6, 6.07) is -0.496. The molecule has 2 heterocycles. The maximum atomic E-state index is 12.8. The summed E-state index contributed by atoms with van der Waals surface area (Å²) in [4.78, 5) is 49.9. The van der Waals surface area contributed by atoms with Crippen LogP contribution in [0.3, 0.4) is 0 Å². The first kappa shape index (κ1) is 17.2. The van der Waals surface area contributed by atoms with Crippen molar-refractivity contribution in [3.8, 4) is 0 Å². The van der Waals surface area contributed by atoms with E-state index in [0.717, 1.165) is 23.4 Å². The normalized spacial score (nSPS) is 33.0. The largest absolute Gasteiger partial charge is 0.385 e. The lowest BCUT2D eigenvalue weighted by Gasteiger charge is -2.32. The molecule has 1 saturated carbocycles.